The number of alkyl halides is 3. The molecule has 234 valence electrons. The number of ether oxygens (including phenoxy) is 1. The number of likely N-dealkylation sites (tertiary alicyclic amines) is 1. The molecule has 0 spiro atoms. The van der Waals surface area contributed by atoms with Gasteiger partial charge in [0.2, 0.25) is 0 Å². The van der Waals surface area contributed by atoms with Crippen LogP contribution in [0.3, 0.4) is 0 Å². The molecule has 2 aliphatic heterocycles. The van der Waals surface area contributed by atoms with Crippen molar-refractivity contribution in [2.45, 2.75) is 50.9 Å². The SMILES string of the molecule is CCOc1cc(C(F)(F)F)ccc1C1=N[C@@](C)(c2ccc(Cl)cc2)[C@@](C)(c2ccc(Cl)cc2)N1C(=O)N1CCC(CO)CC1. The van der Waals surface area contributed by atoms with Crippen molar-refractivity contribution in [1.29, 1.82) is 0 Å². The van der Waals surface area contributed by atoms with E-state index >= 15 is 0 Å². The molecule has 0 unspecified atom stereocenters. The standard InChI is InChI=1S/C33H34Cl2F3N3O3/c1-4-44-28-19-24(33(36,37)38)9-14-27(28)29-39-31(2,22-5-10-25(34)11-6-22)32(3,23-7-12-26(35)13-8-23)41(29)30(43)40-17-15-21(20-42)16-18-40/h5-14,19,21,42H,4,15-18,20H2,1-3H3/t31-,32+/m0/s1. The molecular weight excluding hydrogens is 614 g/mol. The molecule has 2 atom stereocenters. The fourth-order valence-corrected chi connectivity index (χ4v) is 6.43. The van der Waals surface area contributed by atoms with Gasteiger partial charge in [-0.15, -0.1) is 0 Å². The van der Waals surface area contributed by atoms with E-state index in [1.165, 1.54) is 6.07 Å². The third-order valence-electron chi connectivity index (χ3n) is 8.93. The van der Waals surface area contributed by atoms with Crippen LogP contribution in [0.4, 0.5) is 18.0 Å². The van der Waals surface area contributed by atoms with Gasteiger partial charge in [0.1, 0.15) is 22.7 Å². The largest absolute Gasteiger partial charge is 0.493 e. The van der Waals surface area contributed by atoms with Crippen LogP contribution in [0.25, 0.3) is 0 Å². The van der Waals surface area contributed by atoms with Crippen LogP contribution >= 0.6 is 23.2 Å². The monoisotopic (exact) mass is 647 g/mol. The average molecular weight is 649 g/mol. The number of piperidine rings is 1. The number of aliphatic hydroxyl groups is 1. The Balaban J connectivity index is 1.77. The summed E-state index contributed by atoms with van der Waals surface area (Å²) in [5, 5.41) is 10.7. The molecule has 0 aliphatic carbocycles. The molecule has 0 radical (unpaired) electrons. The van der Waals surface area contributed by atoms with E-state index in [2.05, 4.69) is 0 Å². The Hall–Kier alpha value is -3.27. The smallest absolute Gasteiger partial charge is 0.416 e. The highest BCUT2D eigenvalue weighted by Crippen LogP contribution is 2.54. The van der Waals surface area contributed by atoms with Crippen molar-refractivity contribution in [3.05, 3.63) is 99.0 Å². The van der Waals surface area contributed by atoms with Gasteiger partial charge in [-0.1, -0.05) is 47.5 Å². The summed E-state index contributed by atoms with van der Waals surface area (Å²) in [6.07, 6.45) is -3.34. The van der Waals surface area contributed by atoms with Crippen LogP contribution in [0.1, 0.15) is 55.9 Å². The Morgan fingerprint density at radius 3 is 2.07 bits per heavy atom. The molecule has 2 heterocycles. The fourth-order valence-electron chi connectivity index (χ4n) is 6.17. The van der Waals surface area contributed by atoms with Crippen LogP contribution in [0.15, 0.2) is 71.7 Å². The number of hydrogen-bond donors (Lipinski definition) is 1. The number of rotatable bonds is 6. The molecule has 2 amide bonds. The highest BCUT2D eigenvalue weighted by molar-refractivity contribution is 6.30. The van der Waals surface area contributed by atoms with E-state index in [4.69, 9.17) is 32.9 Å². The molecule has 1 saturated heterocycles. The Bertz CT molecular complexity index is 1540. The van der Waals surface area contributed by atoms with E-state index < -0.39 is 22.8 Å². The maximum atomic E-state index is 14.7. The number of amidine groups is 1. The zero-order valence-electron chi connectivity index (χ0n) is 24.7. The topological polar surface area (TPSA) is 65.4 Å². The van der Waals surface area contributed by atoms with Gasteiger partial charge in [0.25, 0.3) is 0 Å². The number of urea groups is 1. The van der Waals surface area contributed by atoms with Crippen molar-refractivity contribution < 1.29 is 27.8 Å². The van der Waals surface area contributed by atoms with Gasteiger partial charge in [-0.2, -0.15) is 13.2 Å². The predicted octanol–water partition coefficient (Wildman–Crippen LogP) is 8.13. The van der Waals surface area contributed by atoms with E-state index in [1.54, 1.807) is 41.0 Å². The summed E-state index contributed by atoms with van der Waals surface area (Å²) in [6.45, 7) is 6.46. The number of hydrogen-bond acceptors (Lipinski definition) is 4. The van der Waals surface area contributed by atoms with E-state index in [0.29, 0.717) is 36.0 Å². The highest BCUT2D eigenvalue weighted by atomic mass is 35.5. The summed E-state index contributed by atoms with van der Waals surface area (Å²) in [4.78, 5) is 23.3. The minimum absolute atomic E-state index is 0.0309. The van der Waals surface area contributed by atoms with Gasteiger partial charge in [0, 0.05) is 29.7 Å². The Morgan fingerprint density at radius 1 is 0.977 bits per heavy atom. The van der Waals surface area contributed by atoms with Gasteiger partial charge >= 0.3 is 12.2 Å². The summed E-state index contributed by atoms with van der Waals surface area (Å²) in [7, 11) is 0. The van der Waals surface area contributed by atoms with Crippen LogP contribution in [0, 0.1) is 5.92 Å². The third-order valence-corrected chi connectivity index (χ3v) is 9.44. The number of carbonyl (C=O) groups excluding carboxylic acids is 1. The Morgan fingerprint density at radius 2 is 1.55 bits per heavy atom. The summed E-state index contributed by atoms with van der Waals surface area (Å²) in [5.74, 6) is 0.246. The number of aliphatic hydroxyl groups excluding tert-OH is 1. The molecule has 1 fully saturated rings. The van der Waals surface area contributed by atoms with Crippen molar-refractivity contribution in [3.8, 4) is 5.75 Å². The molecule has 11 heteroatoms. The maximum Gasteiger partial charge on any atom is 0.416 e. The molecule has 3 aromatic rings. The summed E-state index contributed by atoms with van der Waals surface area (Å²) in [6, 6.07) is 17.2. The van der Waals surface area contributed by atoms with Gasteiger partial charge < -0.3 is 14.7 Å². The van der Waals surface area contributed by atoms with Crippen LogP contribution in [-0.2, 0) is 17.3 Å². The van der Waals surface area contributed by atoms with Crippen LogP contribution in [0.2, 0.25) is 10.0 Å². The molecule has 5 rings (SSSR count). The molecule has 6 nitrogen and oxygen atoms in total. The maximum absolute atomic E-state index is 14.7. The lowest BCUT2D eigenvalue weighted by Gasteiger charge is -2.47. The van der Waals surface area contributed by atoms with E-state index in [9.17, 15) is 23.1 Å². The van der Waals surface area contributed by atoms with E-state index in [0.717, 1.165) is 23.3 Å². The summed E-state index contributed by atoms with van der Waals surface area (Å²) < 4.78 is 47.1. The van der Waals surface area contributed by atoms with Gasteiger partial charge in [0.05, 0.1) is 17.7 Å². The second-order valence-corrected chi connectivity index (χ2v) is 12.3. The molecule has 0 bridgehead atoms. The fraction of sp³-hybridized carbons (Fsp3) is 0.394. The number of benzene rings is 3. The van der Waals surface area contributed by atoms with Gasteiger partial charge in [0.15, 0.2) is 0 Å². The lowest BCUT2D eigenvalue weighted by Crippen LogP contribution is -2.59. The zero-order valence-corrected chi connectivity index (χ0v) is 26.2. The van der Waals surface area contributed by atoms with E-state index in [1.807, 2.05) is 38.1 Å². The summed E-state index contributed by atoms with van der Waals surface area (Å²) >= 11 is 12.5. The quantitative estimate of drug-likeness (QED) is 0.294. The third kappa shape index (κ3) is 5.66. The van der Waals surface area contributed by atoms with Crippen molar-refractivity contribution in [3.63, 3.8) is 0 Å². The number of nitrogens with zero attached hydrogens (tertiary/aromatic N) is 3. The van der Waals surface area contributed by atoms with Crippen LogP contribution < -0.4 is 4.74 Å². The number of carbonyl (C=O) groups is 1. The first-order valence-corrected chi connectivity index (χ1v) is 15.3. The van der Waals surface area contributed by atoms with Crippen molar-refractivity contribution in [2.24, 2.45) is 10.9 Å². The van der Waals surface area contributed by atoms with Crippen molar-refractivity contribution in [1.82, 2.24) is 9.80 Å². The molecule has 3 aromatic carbocycles. The van der Waals surface area contributed by atoms with Crippen LogP contribution in [0.5, 0.6) is 5.75 Å². The minimum atomic E-state index is -4.59. The molecule has 1 N–H and O–H groups in total. The van der Waals surface area contributed by atoms with E-state index in [-0.39, 0.29) is 42.3 Å². The lowest BCUT2D eigenvalue weighted by molar-refractivity contribution is -0.137. The normalized spacial score (nSPS) is 22.7. The second-order valence-electron chi connectivity index (χ2n) is 11.5. The Labute approximate surface area is 265 Å². The zero-order chi connectivity index (χ0) is 31.9. The first-order chi connectivity index (χ1) is 20.8. The number of aliphatic imine (C=N–C) groups is 1. The summed E-state index contributed by atoms with van der Waals surface area (Å²) in [5.41, 5.74) is -1.45. The molecular formula is C33H34Cl2F3N3O3. The highest BCUT2D eigenvalue weighted by Gasteiger charge is 2.60. The first kappa shape index (κ1) is 32.1. The lowest BCUT2D eigenvalue weighted by atomic mass is 9.71. The van der Waals surface area contributed by atoms with Gasteiger partial charge in [-0.25, -0.2) is 4.79 Å². The van der Waals surface area contributed by atoms with Crippen LogP contribution in [-0.4, -0.2) is 53.1 Å². The number of halogens is 5. The van der Waals surface area contributed by atoms with Gasteiger partial charge in [-0.05, 0) is 93.1 Å². The van der Waals surface area contributed by atoms with Crippen molar-refractivity contribution >= 4 is 35.1 Å². The molecule has 0 aromatic heterocycles. The Kier molecular flexibility index (Phi) is 8.95. The predicted molar refractivity (Wildman–Crippen MR) is 165 cm³/mol. The molecule has 2 aliphatic rings. The number of amides is 2. The second kappa shape index (κ2) is 12.3. The molecule has 0 saturated carbocycles. The molecule has 44 heavy (non-hydrogen) atoms. The first-order valence-electron chi connectivity index (χ1n) is 14.5. The average Bonchev–Trinajstić information content (AvgIpc) is 3.25. The van der Waals surface area contributed by atoms with Crippen molar-refractivity contribution in [2.75, 3.05) is 26.3 Å². The minimum Gasteiger partial charge on any atom is -0.493 e. The van der Waals surface area contributed by atoms with Gasteiger partial charge in [-0.3, -0.25) is 9.89 Å².